The Labute approximate surface area is 179 Å². The van der Waals surface area contributed by atoms with E-state index in [0.29, 0.717) is 26.1 Å². The Hall–Kier alpha value is -1.10. The van der Waals surface area contributed by atoms with Crippen LogP contribution in [0.15, 0.2) is 0 Å². The van der Waals surface area contributed by atoms with Crippen LogP contribution in [0.25, 0.3) is 0 Å². The second kappa shape index (κ2) is 20.2. The predicted molar refractivity (Wildman–Crippen MR) is 118 cm³/mol. The Morgan fingerprint density at radius 3 is 1.31 bits per heavy atom. The van der Waals surface area contributed by atoms with Crippen LogP contribution >= 0.6 is 0 Å². The summed E-state index contributed by atoms with van der Waals surface area (Å²) in [5.74, 6) is -0.316. The monoisotopic (exact) mass is 414 g/mol. The number of hydrogen-bond acceptors (Lipinski definition) is 5. The van der Waals surface area contributed by atoms with Crippen LogP contribution < -0.4 is 0 Å². The first-order valence-corrected chi connectivity index (χ1v) is 12.0. The first kappa shape index (κ1) is 27.9. The van der Waals surface area contributed by atoms with Crippen LogP contribution in [0, 0.1) is 0 Å². The Kier molecular flexibility index (Phi) is 19.4. The van der Waals surface area contributed by atoms with Gasteiger partial charge < -0.3 is 14.2 Å². The van der Waals surface area contributed by atoms with Gasteiger partial charge in [-0.2, -0.15) is 0 Å². The summed E-state index contributed by atoms with van der Waals surface area (Å²) in [4.78, 5) is 23.6. The van der Waals surface area contributed by atoms with Gasteiger partial charge in [0.1, 0.15) is 12.2 Å². The molecule has 0 N–H and O–H groups in total. The van der Waals surface area contributed by atoms with Crippen molar-refractivity contribution >= 4 is 11.9 Å². The van der Waals surface area contributed by atoms with Crippen LogP contribution in [0.4, 0.5) is 0 Å². The third-order valence-corrected chi connectivity index (χ3v) is 4.84. The number of ether oxygens (including phenoxy) is 3. The van der Waals surface area contributed by atoms with E-state index in [0.717, 1.165) is 25.7 Å². The van der Waals surface area contributed by atoms with Crippen molar-refractivity contribution in [3.63, 3.8) is 0 Å². The molecule has 0 aromatic carbocycles. The Bertz CT molecular complexity index is 397. The van der Waals surface area contributed by atoms with E-state index in [-0.39, 0.29) is 24.1 Å². The molecule has 0 amide bonds. The highest BCUT2D eigenvalue weighted by Gasteiger charge is 2.13. The van der Waals surface area contributed by atoms with Gasteiger partial charge in [-0.15, -0.1) is 0 Å². The van der Waals surface area contributed by atoms with Gasteiger partial charge in [-0.3, -0.25) is 9.59 Å². The highest BCUT2D eigenvalue weighted by atomic mass is 16.6. The van der Waals surface area contributed by atoms with E-state index in [9.17, 15) is 9.59 Å². The van der Waals surface area contributed by atoms with Gasteiger partial charge in [0.2, 0.25) is 0 Å². The van der Waals surface area contributed by atoms with E-state index >= 15 is 0 Å². The standard InChI is InChI=1S/C24H46O5/c1-5-7-9-11-12-14-16-18-24(26)29-22(4)20-27-19-21(3)28-23(25)17-15-13-10-8-6-2/h21-22H,5-20H2,1-4H3. The quantitative estimate of drug-likeness (QED) is 0.171. The molecule has 0 aliphatic heterocycles. The Morgan fingerprint density at radius 1 is 0.586 bits per heavy atom. The van der Waals surface area contributed by atoms with Crippen LogP contribution in [0.1, 0.15) is 118 Å². The average Bonchev–Trinajstić information content (AvgIpc) is 2.67. The van der Waals surface area contributed by atoms with Gasteiger partial charge in [0.05, 0.1) is 13.2 Å². The molecular formula is C24H46O5. The number of unbranched alkanes of at least 4 members (excludes halogenated alkanes) is 10. The molecule has 5 nitrogen and oxygen atoms in total. The molecule has 0 aromatic rings. The summed E-state index contributed by atoms with van der Waals surface area (Å²) in [5.41, 5.74) is 0. The van der Waals surface area contributed by atoms with Gasteiger partial charge in [-0.25, -0.2) is 0 Å². The van der Waals surface area contributed by atoms with E-state index in [1.165, 1.54) is 51.4 Å². The largest absolute Gasteiger partial charge is 0.460 e. The maximum Gasteiger partial charge on any atom is 0.306 e. The summed E-state index contributed by atoms with van der Waals surface area (Å²) in [6.07, 6.45) is 14.2. The molecule has 0 rings (SSSR count). The highest BCUT2D eigenvalue weighted by molar-refractivity contribution is 5.69. The SMILES string of the molecule is CCCCCCCCCC(=O)OC(C)COCC(C)OC(=O)CCCCCCC. The van der Waals surface area contributed by atoms with Crippen molar-refractivity contribution < 1.29 is 23.8 Å². The molecule has 2 atom stereocenters. The first-order valence-electron chi connectivity index (χ1n) is 12.0. The lowest BCUT2D eigenvalue weighted by Gasteiger charge is -2.17. The molecule has 2 unspecified atom stereocenters. The van der Waals surface area contributed by atoms with Crippen LogP contribution in [0.3, 0.4) is 0 Å². The molecule has 0 heterocycles. The molecule has 0 saturated carbocycles. The molecule has 0 aromatic heterocycles. The predicted octanol–water partition coefficient (Wildman–Crippen LogP) is 6.37. The van der Waals surface area contributed by atoms with Crippen molar-refractivity contribution in [2.24, 2.45) is 0 Å². The molecule has 0 aliphatic carbocycles. The van der Waals surface area contributed by atoms with Gasteiger partial charge in [0, 0.05) is 12.8 Å². The zero-order valence-electron chi connectivity index (χ0n) is 19.5. The third kappa shape index (κ3) is 20.0. The van der Waals surface area contributed by atoms with Gasteiger partial charge in [0.25, 0.3) is 0 Å². The minimum absolute atomic E-state index is 0.155. The van der Waals surface area contributed by atoms with Gasteiger partial charge in [-0.05, 0) is 26.7 Å². The van der Waals surface area contributed by atoms with Gasteiger partial charge in [0.15, 0.2) is 0 Å². The van der Waals surface area contributed by atoms with Crippen LogP contribution in [0.5, 0.6) is 0 Å². The first-order chi connectivity index (χ1) is 14.0. The molecule has 0 bridgehead atoms. The van der Waals surface area contributed by atoms with Crippen molar-refractivity contribution in [2.75, 3.05) is 13.2 Å². The van der Waals surface area contributed by atoms with E-state index in [2.05, 4.69) is 13.8 Å². The summed E-state index contributed by atoms with van der Waals surface area (Å²) in [6.45, 7) is 8.68. The average molecular weight is 415 g/mol. The summed E-state index contributed by atoms with van der Waals surface area (Å²) in [6, 6.07) is 0. The summed E-state index contributed by atoms with van der Waals surface area (Å²) in [7, 11) is 0. The summed E-state index contributed by atoms with van der Waals surface area (Å²) < 4.78 is 16.3. The molecule has 0 fully saturated rings. The van der Waals surface area contributed by atoms with Crippen molar-refractivity contribution in [2.45, 2.75) is 130 Å². The lowest BCUT2D eigenvalue weighted by atomic mass is 10.1. The number of carbonyl (C=O) groups is 2. The summed E-state index contributed by atoms with van der Waals surface area (Å²) >= 11 is 0. The van der Waals surface area contributed by atoms with Gasteiger partial charge in [-0.1, -0.05) is 78.1 Å². The van der Waals surface area contributed by atoms with E-state index in [1.54, 1.807) is 0 Å². The van der Waals surface area contributed by atoms with E-state index < -0.39 is 0 Å². The lowest BCUT2D eigenvalue weighted by molar-refractivity contribution is -0.154. The van der Waals surface area contributed by atoms with Crippen molar-refractivity contribution in [1.82, 2.24) is 0 Å². The molecule has 29 heavy (non-hydrogen) atoms. The normalized spacial score (nSPS) is 13.1. The van der Waals surface area contributed by atoms with Crippen molar-refractivity contribution in [3.8, 4) is 0 Å². The van der Waals surface area contributed by atoms with Crippen molar-refractivity contribution in [1.29, 1.82) is 0 Å². The fraction of sp³-hybridized carbons (Fsp3) is 0.917. The van der Waals surface area contributed by atoms with Crippen LogP contribution in [-0.4, -0.2) is 37.4 Å². The molecule has 0 radical (unpaired) electrons. The minimum atomic E-state index is -0.284. The fourth-order valence-corrected chi connectivity index (χ4v) is 3.13. The smallest absolute Gasteiger partial charge is 0.306 e. The number of carbonyl (C=O) groups excluding carboxylic acids is 2. The molecule has 5 heteroatoms. The van der Waals surface area contributed by atoms with E-state index in [1.807, 2.05) is 13.8 Å². The van der Waals surface area contributed by atoms with Crippen LogP contribution in [-0.2, 0) is 23.8 Å². The number of hydrogen-bond donors (Lipinski definition) is 0. The summed E-state index contributed by atoms with van der Waals surface area (Å²) in [5, 5.41) is 0. The molecular weight excluding hydrogens is 368 g/mol. The molecule has 0 spiro atoms. The second-order valence-corrected chi connectivity index (χ2v) is 8.17. The van der Waals surface area contributed by atoms with Gasteiger partial charge >= 0.3 is 11.9 Å². The molecule has 0 saturated heterocycles. The second-order valence-electron chi connectivity index (χ2n) is 8.17. The zero-order valence-corrected chi connectivity index (χ0v) is 19.5. The highest BCUT2D eigenvalue weighted by Crippen LogP contribution is 2.10. The van der Waals surface area contributed by atoms with E-state index in [4.69, 9.17) is 14.2 Å². The van der Waals surface area contributed by atoms with Crippen molar-refractivity contribution in [3.05, 3.63) is 0 Å². The Balaban J connectivity index is 3.61. The zero-order chi connectivity index (χ0) is 21.7. The third-order valence-electron chi connectivity index (χ3n) is 4.84. The maximum atomic E-state index is 11.9. The Morgan fingerprint density at radius 2 is 0.931 bits per heavy atom. The maximum absolute atomic E-state index is 11.9. The minimum Gasteiger partial charge on any atom is -0.460 e. The molecule has 172 valence electrons. The molecule has 0 aliphatic rings. The number of esters is 2. The lowest BCUT2D eigenvalue weighted by Crippen LogP contribution is -2.25. The number of rotatable bonds is 20. The van der Waals surface area contributed by atoms with Crippen LogP contribution in [0.2, 0.25) is 0 Å². The fourth-order valence-electron chi connectivity index (χ4n) is 3.13. The topological polar surface area (TPSA) is 61.8 Å².